The van der Waals surface area contributed by atoms with Crippen molar-refractivity contribution < 1.29 is 8.42 Å². The van der Waals surface area contributed by atoms with E-state index >= 15 is 0 Å². The van der Waals surface area contributed by atoms with Crippen LogP contribution in [0.2, 0.25) is 0 Å². The second-order valence-corrected chi connectivity index (χ2v) is 8.67. The van der Waals surface area contributed by atoms with Crippen molar-refractivity contribution in [1.82, 2.24) is 4.90 Å². The number of para-hydroxylation sites is 1. The average molecular weight is 432 g/mol. The second-order valence-electron chi connectivity index (χ2n) is 7.02. The van der Waals surface area contributed by atoms with Gasteiger partial charge in [-0.05, 0) is 30.8 Å². The van der Waals surface area contributed by atoms with Gasteiger partial charge in [0, 0.05) is 48.3 Å². The molecule has 1 fully saturated rings. The lowest BCUT2D eigenvalue weighted by molar-refractivity contribution is 0.271. The van der Waals surface area contributed by atoms with E-state index in [1.807, 2.05) is 48.5 Å². The molecule has 154 valence electrons. The second kappa shape index (κ2) is 9.03. The first-order chi connectivity index (χ1) is 13.6. The Morgan fingerprint density at radius 2 is 1.45 bits per heavy atom. The highest BCUT2D eigenvalue weighted by Crippen LogP contribution is 2.33. The van der Waals surface area contributed by atoms with Gasteiger partial charge in [-0.25, -0.2) is 8.42 Å². The van der Waals surface area contributed by atoms with Crippen LogP contribution in [0.25, 0.3) is 10.8 Å². The molecule has 0 spiro atoms. The number of anilines is 2. The van der Waals surface area contributed by atoms with Crippen LogP contribution in [-0.2, 0) is 10.0 Å². The lowest BCUT2D eigenvalue weighted by Crippen LogP contribution is -2.46. The Morgan fingerprint density at radius 3 is 2.10 bits per heavy atom. The highest BCUT2D eigenvalue weighted by molar-refractivity contribution is 7.93. The predicted octanol–water partition coefficient (Wildman–Crippen LogP) is 4.20. The fourth-order valence-corrected chi connectivity index (χ4v) is 5.06. The summed E-state index contributed by atoms with van der Waals surface area (Å²) in [6, 6.07) is 20.4. The number of nitrogens with zero attached hydrogens (tertiary/aromatic N) is 2. The fourth-order valence-electron chi connectivity index (χ4n) is 3.79. The first kappa shape index (κ1) is 21.4. The standard InChI is InChI=1S/C22H25N3O2S.ClH/c1-2-24-14-16-25(17-15-24)21-12-13-22(20-11-7-6-10-19(20)21)28(26,27)23-18-8-4-3-5-9-18;/h3-13,23H,2,14-17H2,1H3;1H. The smallest absolute Gasteiger partial charge is 0.262 e. The molecule has 1 heterocycles. The molecule has 0 aromatic heterocycles. The maximum absolute atomic E-state index is 13.1. The van der Waals surface area contributed by atoms with E-state index in [-0.39, 0.29) is 12.4 Å². The lowest BCUT2D eigenvalue weighted by Gasteiger charge is -2.36. The molecule has 4 rings (SSSR count). The van der Waals surface area contributed by atoms with E-state index in [4.69, 9.17) is 0 Å². The van der Waals surface area contributed by atoms with Crippen molar-refractivity contribution >= 4 is 44.6 Å². The predicted molar refractivity (Wildman–Crippen MR) is 123 cm³/mol. The Kier molecular flexibility index (Phi) is 6.67. The molecule has 3 aromatic carbocycles. The zero-order valence-electron chi connectivity index (χ0n) is 16.4. The number of sulfonamides is 1. The van der Waals surface area contributed by atoms with Gasteiger partial charge in [-0.1, -0.05) is 49.4 Å². The third kappa shape index (κ3) is 4.50. The highest BCUT2D eigenvalue weighted by atomic mass is 35.5. The Hall–Kier alpha value is -2.28. The Balaban J connectivity index is 0.00000240. The maximum atomic E-state index is 13.1. The van der Waals surface area contributed by atoms with Crippen molar-refractivity contribution in [3.63, 3.8) is 0 Å². The summed E-state index contributed by atoms with van der Waals surface area (Å²) in [4.78, 5) is 5.10. The van der Waals surface area contributed by atoms with Crippen LogP contribution in [0, 0.1) is 0 Å². The molecule has 1 saturated heterocycles. The molecule has 3 aromatic rings. The molecule has 1 aliphatic rings. The van der Waals surface area contributed by atoms with Crippen LogP contribution in [0.1, 0.15) is 6.92 Å². The minimum Gasteiger partial charge on any atom is -0.368 e. The Bertz CT molecular complexity index is 1070. The normalized spacial score (nSPS) is 15.1. The van der Waals surface area contributed by atoms with Crippen LogP contribution in [0.5, 0.6) is 0 Å². The van der Waals surface area contributed by atoms with E-state index in [1.165, 1.54) is 0 Å². The largest absolute Gasteiger partial charge is 0.368 e. The number of halogens is 1. The summed E-state index contributed by atoms with van der Waals surface area (Å²) in [7, 11) is -3.68. The van der Waals surface area contributed by atoms with Gasteiger partial charge in [0.1, 0.15) is 0 Å². The third-order valence-electron chi connectivity index (χ3n) is 5.34. The summed E-state index contributed by atoms with van der Waals surface area (Å²) in [5.41, 5.74) is 1.66. The van der Waals surface area contributed by atoms with Crippen molar-refractivity contribution in [2.24, 2.45) is 0 Å². The van der Waals surface area contributed by atoms with Crippen molar-refractivity contribution in [1.29, 1.82) is 0 Å². The minimum absolute atomic E-state index is 0. The summed E-state index contributed by atoms with van der Waals surface area (Å²) >= 11 is 0. The average Bonchev–Trinajstić information content (AvgIpc) is 2.73. The highest BCUT2D eigenvalue weighted by Gasteiger charge is 2.22. The van der Waals surface area contributed by atoms with Crippen LogP contribution in [0.15, 0.2) is 71.6 Å². The van der Waals surface area contributed by atoms with Gasteiger partial charge in [0.25, 0.3) is 10.0 Å². The van der Waals surface area contributed by atoms with Crippen LogP contribution in [0.3, 0.4) is 0 Å². The molecular weight excluding hydrogens is 406 g/mol. The first-order valence-electron chi connectivity index (χ1n) is 9.65. The number of fused-ring (bicyclic) bond motifs is 1. The molecule has 5 nitrogen and oxygen atoms in total. The monoisotopic (exact) mass is 431 g/mol. The summed E-state index contributed by atoms with van der Waals surface area (Å²) in [6.45, 7) is 7.21. The van der Waals surface area contributed by atoms with E-state index in [0.29, 0.717) is 10.6 Å². The van der Waals surface area contributed by atoms with Crippen LogP contribution < -0.4 is 9.62 Å². The number of hydrogen-bond acceptors (Lipinski definition) is 4. The molecule has 0 aliphatic carbocycles. The molecule has 0 atom stereocenters. The summed E-state index contributed by atoms with van der Waals surface area (Å²) in [6.07, 6.45) is 0. The number of benzene rings is 3. The van der Waals surface area contributed by atoms with Crippen molar-refractivity contribution in [3.05, 3.63) is 66.7 Å². The molecule has 0 amide bonds. The number of nitrogens with one attached hydrogen (secondary N) is 1. The van der Waals surface area contributed by atoms with Gasteiger partial charge < -0.3 is 9.80 Å². The lowest BCUT2D eigenvalue weighted by atomic mass is 10.1. The van der Waals surface area contributed by atoms with Gasteiger partial charge in [0.2, 0.25) is 0 Å². The maximum Gasteiger partial charge on any atom is 0.262 e. The van der Waals surface area contributed by atoms with Gasteiger partial charge in [-0.2, -0.15) is 0 Å². The molecule has 0 bridgehead atoms. The number of piperazine rings is 1. The Morgan fingerprint density at radius 1 is 0.828 bits per heavy atom. The zero-order chi connectivity index (χ0) is 19.6. The molecule has 29 heavy (non-hydrogen) atoms. The molecule has 0 saturated carbocycles. The van der Waals surface area contributed by atoms with Crippen molar-refractivity contribution in [3.8, 4) is 0 Å². The first-order valence-corrected chi connectivity index (χ1v) is 11.1. The summed E-state index contributed by atoms with van der Waals surface area (Å²) < 4.78 is 28.8. The van der Waals surface area contributed by atoms with Gasteiger partial charge in [-0.3, -0.25) is 4.72 Å². The minimum atomic E-state index is -3.68. The van der Waals surface area contributed by atoms with E-state index in [9.17, 15) is 8.42 Å². The molecular formula is C22H26ClN3O2S. The van der Waals surface area contributed by atoms with Crippen LogP contribution >= 0.6 is 12.4 Å². The molecule has 1 N–H and O–H groups in total. The Labute approximate surface area is 178 Å². The van der Waals surface area contributed by atoms with E-state index in [2.05, 4.69) is 21.4 Å². The molecule has 0 unspecified atom stereocenters. The number of rotatable bonds is 5. The topological polar surface area (TPSA) is 52.7 Å². The zero-order valence-corrected chi connectivity index (χ0v) is 18.0. The number of likely N-dealkylation sites (N-methyl/N-ethyl adjacent to an activating group) is 1. The van der Waals surface area contributed by atoms with Crippen molar-refractivity contribution in [2.45, 2.75) is 11.8 Å². The molecule has 0 radical (unpaired) electrons. The SMILES string of the molecule is CCN1CCN(c2ccc(S(=O)(=O)Nc3ccccc3)c3ccccc23)CC1.Cl. The summed E-state index contributed by atoms with van der Waals surface area (Å²) in [5.74, 6) is 0. The summed E-state index contributed by atoms with van der Waals surface area (Å²) in [5, 5.41) is 1.73. The van der Waals surface area contributed by atoms with Gasteiger partial charge in [0.15, 0.2) is 0 Å². The van der Waals surface area contributed by atoms with Gasteiger partial charge in [-0.15, -0.1) is 12.4 Å². The van der Waals surface area contributed by atoms with Crippen molar-refractivity contribution in [2.75, 3.05) is 42.3 Å². The number of hydrogen-bond donors (Lipinski definition) is 1. The quantitative estimate of drug-likeness (QED) is 0.657. The van der Waals surface area contributed by atoms with Gasteiger partial charge >= 0.3 is 0 Å². The van der Waals surface area contributed by atoms with Crippen LogP contribution in [-0.4, -0.2) is 46.0 Å². The fraction of sp³-hybridized carbons (Fsp3) is 0.273. The third-order valence-corrected chi connectivity index (χ3v) is 6.78. The van der Waals surface area contributed by atoms with E-state index in [0.717, 1.165) is 49.2 Å². The molecule has 7 heteroatoms. The molecule has 1 aliphatic heterocycles. The van der Waals surface area contributed by atoms with Crippen LogP contribution in [0.4, 0.5) is 11.4 Å². The van der Waals surface area contributed by atoms with Gasteiger partial charge in [0.05, 0.1) is 4.90 Å². The van der Waals surface area contributed by atoms with E-state index in [1.54, 1.807) is 18.2 Å². The van der Waals surface area contributed by atoms with E-state index < -0.39 is 10.0 Å².